The van der Waals surface area contributed by atoms with E-state index in [-0.39, 0.29) is 24.0 Å². The molecule has 0 unspecified atom stereocenters. The van der Waals surface area contributed by atoms with E-state index in [9.17, 15) is 8.42 Å². The Labute approximate surface area is 182 Å². The van der Waals surface area contributed by atoms with Crippen LogP contribution in [0.3, 0.4) is 0 Å². The van der Waals surface area contributed by atoms with E-state index in [2.05, 4.69) is 15.0 Å². The largest absolute Gasteiger partial charge is 0.352 e. The summed E-state index contributed by atoms with van der Waals surface area (Å²) in [6.07, 6.45) is 2.99. The van der Waals surface area contributed by atoms with E-state index in [1.165, 1.54) is 0 Å². The van der Waals surface area contributed by atoms with Crippen LogP contribution in [-0.2, 0) is 30.2 Å². The first-order valence-electron chi connectivity index (χ1n) is 7.97. The molecule has 0 aliphatic heterocycles. The second kappa shape index (κ2) is 10.2. The average Bonchev–Trinajstić information content (AvgIpc) is 2.84. The van der Waals surface area contributed by atoms with Crippen molar-refractivity contribution in [3.63, 3.8) is 0 Å². The Bertz CT molecular complexity index is 898. The van der Waals surface area contributed by atoms with Crippen molar-refractivity contribution in [3.05, 3.63) is 52.8 Å². The van der Waals surface area contributed by atoms with Crippen LogP contribution in [0.5, 0.6) is 0 Å². The molecule has 1 aromatic carbocycles. The fourth-order valence-electron chi connectivity index (χ4n) is 2.57. The third kappa shape index (κ3) is 7.59. The number of nitrogens with zero attached hydrogens (tertiary/aromatic N) is 3. The van der Waals surface area contributed by atoms with Crippen molar-refractivity contribution >= 4 is 57.2 Å². The Morgan fingerprint density at radius 1 is 1.33 bits per heavy atom. The lowest BCUT2D eigenvalue weighted by Gasteiger charge is -2.22. The van der Waals surface area contributed by atoms with Gasteiger partial charge in [0, 0.05) is 45.3 Å². The van der Waals surface area contributed by atoms with Gasteiger partial charge in [0.25, 0.3) is 0 Å². The summed E-state index contributed by atoms with van der Waals surface area (Å²) >= 11 is 6.03. The molecule has 0 bridgehead atoms. The van der Waals surface area contributed by atoms with Gasteiger partial charge in [0.1, 0.15) is 0 Å². The lowest BCUT2D eigenvalue weighted by Crippen LogP contribution is -2.38. The monoisotopic (exact) mass is 525 g/mol. The summed E-state index contributed by atoms with van der Waals surface area (Å²) in [5, 5.41) is 3.98. The maximum absolute atomic E-state index is 11.4. The first kappa shape index (κ1) is 23.6. The molecule has 2 aromatic rings. The summed E-state index contributed by atoms with van der Waals surface area (Å²) in [5.41, 5.74) is 2.54. The quantitative estimate of drug-likeness (QED) is 0.345. The first-order chi connectivity index (χ1) is 12.2. The van der Waals surface area contributed by atoms with Gasteiger partial charge in [-0.1, -0.05) is 23.7 Å². The predicted octanol–water partition coefficient (Wildman–Crippen LogP) is 2.88. The maximum Gasteiger partial charge on any atom is 0.229 e. The van der Waals surface area contributed by atoms with Crippen LogP contribution in [0.25, 0.3) is 0 Å². The van der Waals surface area contributed by atoms with Crippen molar-refractivity contribution < 1.29 is 8.42 Å². The number of benzene rings is 1. The molecule has 1 heterocycles. The fraction of sp³-hybridized carbons (Fsp3) is 0.353. The summed E-state index contributed by atoms with van der Waals surface area (Å²) in [6.45, 7) is 1.17. The number of hydrogen-bond acceptors (Lipinski definition) is 3. The standard InChI is InChI=1S/C17H24ClN5O2S.HI/c1-19-17(23(3)12-16-9-14(18)11-22(16)2)20-10-13-6-5-7-15(8-13)21-26(4,24)25;/h5-9,11,21H,10,12H2,1-4H3,(H,19,20);1H. The van der Waals surface area contributed by atoms with E-state index in [1.807, 2.05) is 48.0 Å². The smallest absolute Gasteiger partial charge is 0.229 e. The molecule has 2 rings (SSSR count). The van der Waals surface area contributed by atoms with Crippen LogP contribution in [0.2, 0.25) is 5.02 Å². The minimum absolute atomic E-state index is 0. The van der Waals surface area contributed by atoms with Gasteiger partial charge in [-0.2, -0.15) is 0 Å². The molecule has 1 aromatic heterocycles. The van der Waals surface area contributed by atoms with E-state index in [0.717, 1.165) is 23.5 Å². The molecule has 0 radical (unpaired) electrons. The summed E-state index contributed by atoms with van der Waals surface area (Å²) in [4.78, 5) is 6.29. The average molecular weight is 526 g/mol. The van der Waals surface area contributed by atoms with Gasteiger partial charge in [-0.15, -0.1) is 24.0 Å². The molecule has 0 fully saturated rings. The molecule has 7 nitrogen and oxygen atoms in total. The van der Waals surface area contributed by atoms with Crippen molar-refractivity contribution in [1.29, 1.82) is 0 Å². The first-order valence-corrected chi connectivity index (χ1v) is 10.2. The molecule has 150 valence electrons. The second-order valence-corrected chi connectivity index (χ2v) is 8.28. The number of nitrogens with one attached hydrogen (secondary N) is 2. The molecule has 0 amide bonds. The van der Waals surface area contributed by atoms with Gasteiger partial charge in [-0.3, -0.25) is 9.71 Å². The number of aromatic nitrogens is 1. The van der Waals surface area contributed by atoms with Crippen molar-refractivity contribution in [3.8, 4) is 0 Å². The number of hydrogen-bond donors (Lipinski definition) is 2. The van der Waals surface area contributed by atoms with Gasteiger partial charge in [0.15, 0.2) is 5.96 Å². The van der Waals surface area contributed by atoms with Gasteiger partial charge in [0.05, 0.1) is 17.8 Å². The Morgan fingerprint density at radius 3 is 2.59 bits per heavy atom. The highest BCUT2D eigenvalue weighted by atomic mass is 127. The van der Waals surface area contributed by atoms with E-state index in [0.29, 0.717) is 23.8 Å². The fourth-order valence-corrected chi connectivity index (χ4v) is 3.39. The van der Waals surface area contributed by atoms with Crippen molar-refractivity contribution in [2.75, 3.05) is 25.1 Å². The van der Waals surface area contributed by atoms with Crippen molar-refractivity contribution in [2.24, 2.45) is 12.0 Å². The SMILES string of the molecule is CN=C(NCc1cccc(NS(C)(=O)=O)c1)N(C)Cc1cc(Cl)cn1C.I. The van der Waals surface area contributed by atoms with Gasteiger partial charge < -0.3 is 14.8 Å². The highest BCUT2D eigenvalue weighted by Crippen LogP contribution is 2.15. The lowest BCUT2D eigenvalue weighted by molar-refractivity contribution is 0.462. The highest BCUT2D eigenvalue weighted by Gasteiger charge is 2.10. The zero-order valence-electron chi connectivity index (χ0n) is 15.7. The molecule has 0 atom stereocenters. The number of aryl methyl sites for hydroxylation is 1. The van der Waals surface area contributed by atoms with Gasteiger partial charge in [-0.25, -0.2) is 8.42 Å². The molecule has 2 N–H and O–H groups in total. The topological polar surface area (TPSA) is 78.7 Å². The zero-order valence-corrected chi connectivity index (χ0v) is 19.6. The second-order valence-electron chi connectivity index (χ2n) is 6.09. The van der Waals surface area contributed by atoms with Crippen LogP contribution >= 0.6 is 35.6 Å². The third-order valence-electron chi connectivity index (χ3n) is 3.73. The zero-order chi connectivity index (χ0) is 19.3. The molecule has 27 heavy (non-hydrogen) atoms. The molecule has 0 aliphatic carbocycles. The third-order valence-corrected chi connectivity index (χ3v) is 4.54. The summed E-state index contributed by atoms with van der Waals surface area (Å²) in [5.74, 6) is 0.726. The predicted molar refractivity (Wildman–Crippen MR) is 122 cm³/mol. The molecule has 0 aliphatic rings. The van der Waals surface area contributed by atoms with E-state index in [1.54, 1.807) is 19.2 Å². The highest BCUT2D eigenvalue weighted by molar-refractivity contribution is 14.0. The number of rotatable bonds is 6. The minimum atomic E-state index is -3.30. The Balaban J connectivity index is 0.00000364. The maximum atomic E-state index is 11.4. The van der Waals surface area contributed by atoms with Crippen LogP contribution in [0.4, 0.5) is 5.69 Å². The van der Waals surface area contributed by atoms with E-state index >= 15 is 0 Å². The van der Waals surface area contributed by atoms with E-state index in [4.69, 9.17) is 11.6 Å². The lowest BCUT2D eigenvalue weighted by atomic mass is 10.2. The summed E-state index contributed by atoms with van der Waals surface area (Å²) in [6, 6.07) is 9.16. The van der Waals surface area contributed by atoms with Crippen LogP contribution in [0.1, 0.15) is 11.3 Å². The van der Waals surface area contributed by atoms with Crippen molar-refractivity contribution in [1.82, 2.24) is 14.8 Å². The number of aliphatic imine (C=N–C) groups is 1. The van der Waals surface area contributed by atoms with Crippen LogP contribution in [0, 0.1) is 0 Å². The van der Waals surface area contributed by atoms with Crippen molar-refractivity contribution in [2.45, 2.75) is 13.1 Å². The Hall–Kier alpha value is -1.46. The number of anilines is 1. The number of halogens is 2. The van der Waals surface area contributed by atoms with Crippen LogP contribution < -0.4 is 10.0 Å². The summed E-state index contributed by atoms with van der Waals surface area (Å²) < 4.78 is 27.2. The van der Waals surface area contributed by atoms with Crippen LogP contribution in [0.15, 0.2) is 41.5 Å². The van der Waals surface area contributed by atoms with Gasteiger partial charge >= 0.3 is 0 Å². The molecular weight excluding hydrogens is 501 g/mol. The summed E-state index contributed by atoms with van der Waals surface area (Å²) in [7, 11) is 2.32. The Kier molecular flexibility index (Phi) is 8.89. The normalized spacial score (nSPS) is 11.7. The van der Waals surface area contributed by atoms with E-state index < -0.39 is 10.0 Å². The number of sulfonamides is 1. The molecular formula is C17H25ClIN5O2S. The molecule has 10 heteroatoms. The molecule has 0 saturated heterocycles. The Morgan fingerprint density at radius 2 is 2.04 bits per heavy atom. The van der Waals surface area contributed by atoms with Crippen LogP contribution in [-0.4, -0.2) is 44.2 Å². The molecule has 0 saturated carbocycles. The van der Waals surface area contributed by atoms with Gasteiger partial charge in [0.2, 0.25) is 10.0 Å². The number of guanidine groups is 1. The van der Waals surface area contributed by atoms with Gasteiger partial charge in [-0.05, 0) is 23.8 Å². The molecule has 0 spiro atoms. The minimum Gasteiger partial charge on any atom is -0.352 e.